The Bertz CT molecular complexity index is 419. The minimum atomic E-state index is 0.444. The molecular weight excluding hydrogens is 202 g/mol. The normalized spacial score (nSPS) is 12.6. The molecular formula is C12H17N3O. The molecule has 0 saturated heterocycles. The van der Waals surface area contributed by atoms with Crippen LogP contribution in [0.25, 0.3) is 0 Å². The molecule has 0 spiro atoms. The molecule has 16 heavy (non-hydrogen) atoms. The van der Waals surface area contributed by atoms with Crippen molar-refractivity contribution in [1.82, 2.24) is 9.78 Å². The molecule has 2 rings (SSSR count). The zero-order chi connectivity index (χ0) is 11.4. The summed E-state index contributed by atoms with van der Waals surface area (Å²) in [7, 11) is 0. The van der Waals surface area contributed by atoms with Crippen LogP contribution in [0.15, 0.2) is 35.1 Å². The summed E-state index contributed by atoms with van der Waals surface area (Å²) in [6.07, 6.45) is 4.76. The van der Waals surface area contributed by atoms with Crippen LogP contribution in [-0.4, -0.2) is 9.78 Å². The molecule has 0 fully saturated rings. The van der Waals surface area contributed by atoms with Crippen LogP contribution in [0.4, 0.5) is 5.82 Å². The molecule has 0 unspecified atom stereocenters. The highest BCUT2D eigenvalue weighted by Gasteiger charge is 2.04. The zero-order valence-electron chi connectivity index (χ0n) is 9.68. The van der Waals surface area contributed by atoms with E-state index in [2.05, 4.69) is 24.3 Å². The highest BCUT2D eigenvalue weighted by atomic mass is 16.3. The zero-order valence-corrected chi connectivity index (χ0v) is 9.68. The molecule has 4 heteroatoms. The van der Waals surface area contributed by atoms with Gasteiger partial charge in [0.1, 0.15) is 11.6 Å². The quantitative estimate of drug-likeness (QED) is 0.840. The number of nitrogens with one attached hydrogen (secondary N) is 1. The number of hydrogen-bond acceptors (Lipinski definition) is 3. The van der Waals surface area contributed by atoms with Crippen molar-refractivity contribution in [3.8, 4) is 0 Å². The summed E-state index contributed by atoms with van der Waals surface area (Å²) in [4.78, 5) is 0. The Morgan fingerprint density at radius 3 is 3.06 bits per heavy atom. The van der Waals surface area contributed by atoms with Crippen LogP contribution in [0.1, 0.15) is 32.1 Å². The van der Waals surface area contributed by atoms with Crippen LogP contribution in [0.2, 0.25) is 0 Å². The number of anilines is 1. The molecule has 0 saturated carbocycles. The summed E-state index contributed by atoms with van der Waals surface area (Å²) < 4.78 is 7.21. The van der Waals surface area contributed by atoms with Crippen LogP contribution < -0.4 is 5.32 Å². The van der Waals surface area contributed by atoms with Crippen LogP contribution >= 0.6 is 0 Å². The van der Waals surface area contributed by atoms with E-state index in [4.69, 9.17) is 4.42 Å². The van der Waals surface area contributed by atoms with Gasteiger partial charge in [0.25, 0.3) is 0 Å². The first-order chi connectivity index (χ1) is 7.79. The molecule has 0 aromatic carbocycles. The third-order valence-electron chi connectivity index (χ3n) is 2.67. The summed E-state index contributed by atoms with van der Waals surface area (Å²) in [5, 5.41) is 7.67. The molecule has 0 radical (unpaired) electrons. The van der Waals surface area contributed by atoms with Crippen molar-refractivity contribution >= 4 is 5.82 Å². The maximum atomic E-state index is 5.23. The third kappa shape index (κ3) is 2.45. The fourth-order valence-corrected chi connectivity index (χ4v) is 1.46. The minimum Gasteiger partial charge on any atom is -0.467 e. The van der Waals surface area contributed by atoms with E-state index in [-0.39, 0.29) is 0 Å². The van der Waals surface area contributed by atoms with Gasteiger partial charge in [-0.15, -0.1) is 0 Å². The van der Waals surface area contributed by atoms with Crippen molar-refractivity contribution in [2.75, 3.05) is 5.32 Å². The second-order valence-corrected chi connectivity index (χ2v) is 3.87. The first kappa shape index (κ1) is 10.8. The predicted octanol–water partition coefficient (Wildman–Crippen LogP) is 3.06. The molecule has 1 atom stereocenters. The number of furan rings is 1. The molecule has 0 amide bonds. The van der Waals surface area contributed by atoms with E-state index in [0.717, 1.165) is 18.0 Å². The second kappa shape index (κ2) is 4.88. The summed E-state index contributed by atoms with van der Waals surface area (Å²) in [6.45, 7) is 4.98. The van der Waals surface area contributed by atoms with Crippen LogP contribution in [0, 0.1) is 0 Å². The Labute approximate surface area is 95.3 Å². The second-order valence-electron chi connectivity index (χ2n) is 3.87. The summed E-state index contributed by atoms with van der Waals surface area (Å²) in [5.74, 6) is 1.80. The van der Waals surface area contributed by atoms with Gasteiger partial charge < -0.3 is 9.73 Å². The standard InChI is InChI=1S/C12H17N3O/c1-3-10(2)15-7-6-12(14-15)13-9-11-5-4-8-16-11/h4-8,10H,3,9H2,1-2H3,(H,13,14)/t10-/m1/s1. The maximum absolute atomic E-state index is 5.23. The summed E-state index contributed by atoms with van der Waals surface area (Å²) in [6, 6.07) is 6.25. The first-order valence-corrected chi connectivity index (χ1v) is 5.61. The predicted molar refractivity (Wildman–Crippen MR) is 63.3 cm³/mol. The van der Waals surface area contributed by atoms with E-state index in [1.165, 1.54) is 0 Å². The topological polar surface area (TPSA) is 43.0 Å². The number of nitrogens with zero attached hydrogens (tertiary/aromatic N) is 2. The number of rotatable bonds is 5. The number of hydrogen-bond donors (Lipinski definition) is 1. The molecule has 0 aliphatic carbocycles. The molecule has 0 bridgehead atoms. The van der Waals surface area contributed by atoms with Crippen LogP contribution in [0.5, 0.6) is 0 Å². The third-order valence-corrected chi connectivity index (χ3v) is 2.67. The van der Waals surface area contributed by atoms with E-state index in [1.54, 1.807) is 6.26 Å². The van der Waals surface area contributed by atoms with Crippen LogP contribution in [-0.2, 0) is 6.54 Å². The number of aromatic nitrogens is 2. The van der Waals surface area contributed by atoms with Gasteiger partial charge in [0.05, 0.1) is 12.8 Å². The van der Waals surface area contributed by atoms with Crippen molar-refractivity contribution in [1.29, 1.82) is 0 Å². The lowest BCUT2D eigenvalue weighted by Crippen LogP contribution is -2.05. The van der Waals surface area contributed by atoms with Crippen molar-refractivity contribution in [2.45, 2.75) is 32.9 Å². The van der Waals surface area contributed by atoms with Crippen molar-refractivity contribution in [3.63, 3.8) is 0 Å². The molecule has 0 aliphatic rings. The highest BCUT2D eigenvalue weighted by Crippen LogP contribution is 2.12. The van der Waals surface area contributed by atoms with Gasteiger partial charge in [-0.1, -0.05) is 6.92 Å². The molecule has 2 aromatic heterocycles. The average Bonchev–Trinajstić information content (AvgIpc) is 2.96. The van der Waals surface area contributed by atoms with E-state index in [1.807, 2.05) is 29.1 Å². The van der Waals surface area contributed by atoms with E-state index in [9.17, 15) is 0 Å². The Morgan fingerprint density at radius 2 is 2.38 bits per heavy atom. The van der Waals surface area contributed by atoms with Gasteiger partial charge in [-0.2, -0.15) is 5.10 Å². The Hall–Kier alpha value is -1.71. The fraction of sp³-hybridized carbons (Fsp3) is 0.417. The minimum absolute atomic E-state index is 0.444. The van der Waals surface area contributed by atoms with E-state index >= 15 is 0 Å². The molecule has 0 aliphatic heterocycles. The monoisotopic (exact) mass is 219 g/mol. The molecule has 86 valence electrons. The highest BCUT2D eigenvalue weighted by molar-refractivity contribution is 5.32. The smallest absolute Gasteiger partial charge is 0.148 e. The molecule has 2 heterocycles. The van der Waals surface area contributed by atoms with E-state index < -0.39 is 0 Å². The van der Waals surface area contributed by atoms with Gasteiger partial charge in [0.15, 0.2) is 0 Å². The van der Waals surface area contributed by atoms with Crippen molar-refractivity contribution in [3.05, 3.63) is 36.4 Å². The summed E-state index contributed by atoms with van der Waals surface area (Å²) in [5.41, 5.74) is 0. The van der Waals surface area contributed by atoms with Gasteiger partial charge in [0, 0.05) is 18.3 Å². The Morgan fingerprint density at radius 1 is 1.50 bits per heavy atom. The van der Waals surface area contributed by atoms with Gasteiger partial charge in [-0.05, 0) is 25.5 Å². The van der Waals surface area contributed by atoms with Gasteiger partial charge in [-0.3, -0.25) is 4.68 Å². The Kier molecular flexibility index (Phi) is 3.29. The van der Waals surface area contributed by atoms with Gasteiger partial charge in [-0.25, -0.2) is 0 Å². The average molecular weight is 219 g/mol. The van der Waals surface area contributed by atoms with Gasteiger partial charge >= 0.3 is 0 Å². The lowest BCUT2D eigenvalue weighted by Gasteiger charge is -2.08. The lowest BCUT2D eigenvalue weighted by molar-refractivity contribution is 0.478. The maximum Gasteiger partial charge on any atom is 0.148 e. The molecule has 4 nitrogen and oxygen atoms in total. The Balaban J connectivity index is 1.93. The summed E-state index contributed by atoms with van der Waals surface area (Å²) >= 11 is 0. The largest absolute Gasteiger partial charge is 0.467 e. The van der Waals surface area contributed by atoms with Gasteiger partial charge in [0.2, 0.25) is 0 Å². The first-order valence-electron chi connectivity index (χ1n) is 5.61. The SMILES string of the molecule is CC[C@@H](C)n1ccc(NCc2ccco2)n1. The fourth-order valence-electron chi connectivity index (χ4n) is 1.46. The van der Waals surface area contributed by atoms with Crippen LogP contribution in [0.3, 0.4) is 0 Å². The van der Waals surface area contributed by atoms with E-state index in [0.29, 0.717) is 12.6 Å². The molecule has 1 N–H and O–H groups in total. The van der Waals surface area contributed by atoms with Crippen molar-refractivity contribution < 1.29 is 4.42 Å². The molecule has 2 aromatic rings. The lowest BCUT2D eigenvalue weighted by atomic mass is 10.3. The van der Waals surface area contributed by atoms with Crippen molar-refractivity contribution in [2.24, 2.45) is 0 Å².